The van der Waals surface area contributed by atoms with E-state index in [9.17, 15) is 5.11 Å². The van der Waals surface area contributed by atoms with E-state index in [0.29, 0.717) is 13.1 Å². The normalized spacial score (nSPS) is 18.3. The van der Waals surface area contributed by atoms with E-state index in [-0.39, 0.29) is 0 Å². The van der Waals surface area contributed by atoms with E-state index in [1.165, 1.54) is 11.1 Å². The molecule has 3 nitrogen and oxygen atoms in total. The number of nitrogens with one attached hydrogen (secondary N) is 1. The van der Waals surface area contributed by atoms with Crippen LogP contribution in [0, 0.1) is 6.92 Å². The second-order valence-electron chi connectivity index (χ2n) is 4.30. The predicted molar refractivity (Wildman–Crippen MR) is 59.3 cm³/mol. The molecular formula is C12H17NO2. The number of hydrogen-bond donors (Lipinski definition) is 2. The van der Waals surface area contributed by atoms with Gasteiger partial charge in [-0.05, 0) is 30.2 Å². The highest BCUT2D eigenvalue weighted by Crippen LogP contribution is 2.23. The molecule has 0 aliphatic carbocycles. The molecule has 1 saturated heterocycles. The van der Waals surface area contributed by atoms with Gasteiger partial charge >= 0.3 is 0 Å². The van der Waals surface area contributed by atoms with Gasteiger partial charge in [0, 0.05) is 19.5 Å². The first-order valence-electron chi connectivity index (χ1n) is 5.20. The topological polar surface area (TPSA) is 41.5 Å². The van der Waals surface area contributed by atoms with Crippen molar-refractivity contribution in [2.45, 2.75) is 18.9 Å². The highest BCUT2D eigenvalue weighted by Gasteiger charge is 2.34. The van der Waals surface area contributed by atoms with Crippen LogP contribution in [-0.4, -0.2) is 30.9 Å². The van der Waals surface area contributed by atoms with Crippen LogP contribution in [0.3, 0.4) is 0 Å². The summed E-state index contributed by atoms with van der Waals surface area (Å²) < 4.78 is 5.15. The Kier molecular flexibility index (Phi) is 2.67. The van der Waals surface area contributed by atoms with E-state index in [2.05, 4.69) is 5.32 Å². The van der Waals surface area contributed by atoms with Crippen molar-refractivity contribution in [2.75, 3.05) is 20.2 Å². The Morgan fingerprint density at radius 1 is 1.47 bits per heavy atom. The third kappa shape index (κ3) is 2.13. The van der Waals surface area contributed by atoms with Crippen molar-refractivity contribution >= 4 is 0 Å². The van der Waals surface area contributed by atoms with Gasteiger partial charge in [-0.25, -0.2) is 0 Å². The Morgan fingerprint density at radius 3 is 2.67 bits per heavy atom. The highest BCUT2D eigenvalue weighted by atomic mass is 16.5. The summed E-state index contributed by atoms with van der Waals surface area (Å²) in [5.41, 5.74) is 1.83. The monoisotopic (exact) mass is 207 g/mol. The number of ether oxygens (including phenoxy) is 1. The van der Waals surface area contributed by atoms with Crippen molar-refractivity contribution < 1.29 is 9.84 Å². The van der Waals surface area contributed by atoms with E-state index >= 15 is 0 Å². The lowest BCUT2D eigenvalue weighted by atomic mass is 9.87. The molecule has 0 aromatic heterocycles. The number of hydrogen-bond acceptors (Lipinski definition) is 3. The summed E-state index contributed by atoms with van der Waals surface area (Å²) in [4.78, 5) is 0. The van der Waals surface area contributed by atoms with E-state index < -0.39 is 5.60 Å². The molecule has 1 aliphatic rings. The SMILES string of the molecule is COc1ccc(CC2(O)CNC2)c(C)c1. The molecule has 0 saturated carbocycles. The molecule has 1 aromatic carbocycles. The summed E-state index contributed by atoms with van der Waals surface area (Å²) in [5, 5.41) is 13.1. The number of rotatable bonds is 3. The van der Waals surface area contributed by atoms with E-state index in [0.717, 1.165) is 12.2 Å². The maximum Gasteiger partial charge on any atom is 0.119 e. The molecule has 0 unspecified atom stereocenters. The lowest BCUT2D eigenvalue weighted by Gasteiger charge is -2.38. The Balaban J connectivity index is 2.14. The molecule has 0 spiro atoms. The van der Waals surface area contributed by atoms with Gasteiger partial charge < -0.3 is 15.2 Å². The second kappa shape index (κ2) is 3.83. The summed E-state index contributed by atoms with van der Waals surface area (Å²) in [6.07, 6.45) is 0.718. The summed E-state index contributed by atoms with van der Waals surface area (Å²) >= 11 is 0. The van der Waals surface area contributed by atoms with Crippen LogP contribution in [-0.2, 0) is 6.42 Å². The van der Waals surface area contributed by atoms with Crippen LogP contribution in [0.4, 0.5) is 0 Å². The zero-order valence-corrected chi connectivity index (χ0v) is 9.21. The van der Waals surface area contributed by atoms with Gasteiger partial charge in [0.1, 0.15) is 5.75 Å². The second-order valence-corrected chi connectivity index (χ2v) is 4.30. The fraction of sp³-hybridized carbons (Fsp3) is 0.500. The number of benzene rings is 1. The zero-order chi connectivity index (χ0) is 10.9. The molecule has 0 radical (unpaired) electrons. The summed E-state index contributed by atoms with van der Waals surface area (Å²) in [5.74, 6) is 0.870. The molecule has 82 valence electrons. The fourth-order valence-corrected chi connectivity index (χ4v) is 1.89. The van der Waals surface area contributed by atoms with E-state index in [1.807, 2.05) is 25.1 Å². The summed E-state index contributed by atoms with van der Waals surface area (Å²) in [6.45, 7) is 3.43. The largest absolute Gasteiger partial charge is 0.497 e. The molecule has 0 bridgehead atoms. The Labute approximate surface area is 90.1 Å². The minimum absolute atomic E-state index is 0.542. The molecular weight excluding hydrogens is 190 g/mol. The quantitative estimate of drug-likeness (QED) is 0.773. The molecule has 1 fully saturated rings. The molecule has 0 amide bonds. The number of methoxy groups -OCH3 is 1. The molecule has 15 heavy (non-hydrogen) atoms. The third-order valence-electron chi connectivity index (χ3n) is 2.98. The van der Waals surface area contributed by atoms with Gasteiger partial charge in [0.2, 0.25) is 0 Å². The van der Waals surface area contributed by atoms with Gasteiger partial charge in [0.15, 0.2) is 0 Å². The smallest absolute Gasteiger partial charge is 0.119 e. The molecule has 3 heteroatoms. The predicted octanol–water partition coefficient (Wildman–Crippen LogP) is 0.880. The Hall–Kier alpha value is -1.06. The first-order chi connectivity index (χ1) is 7.13. The van der Waals surface area contributed by atoms with Crippen molar-refractivity contribution in [3.63, 3.8) is 0 Å². The lowest BCUT2D eigenvalue weighted by molar-refractivity contribution is -0.00915. The molecule has 0 atom stereocenters. The van der Waals surface area contributed by atoms with Crippen molar-refractivity contribution in [1.29, 1.82) is 0 Å². The Bertz CT molecular complexity index is 359. The standard InChI is InChI=1S/C12H17NO2/c1-9-5-11(15-2)4-3-10(9)6-12(14)7-13-8-12/h3-5,13-14H,6-8H2,1-2H3. The van der Waals surface area contributed by atoms with Crippen LogP contribution in [0.2, 0.25) is 0 Å². The van der Waals surface area contributed by atoms with Crippen LogP contribution in [0.5, 0.6) is 5.75 Å². The van der Waals surface area contributed by atoms with E-state index in [4.69, 9.17) is 4.74 Å². The van der Waals surface area contributed by atoms with Crippen LogP contribution >= 0.6 is 0 Å². The highest BCUT2D eigenvalue weighted by molar-refractivity contribution is 5.36. The molecule has 1 aromatic rings. The minimum atomic E-state index is -0.542. The van der Waals surface area contributed by atoms with Gasteiger partial charge in [-0.3, -0.25) is 0 Å². The van der Waals surface area contributed by atoms with Crippen LogP contribution < -0.4 is 10.1 Å². The first-order valence-corrected chi connectivity index (χ1v) is 5.20. The molecule has 1 heterocycles. The molecule has 2 rings (SSSR count). The minimum Gasteiger partial charge on any atom is -0.497 e. The molecule has 2 N–H and O–H groups in total. The van der Waals surface area contributed by atoms with Crippen LogP contribution in [0.25, 0.3) is 0 Å². The van der Waals surface area contributed by atoms with Crippen molar-refractivity contribution in [3.05, 3.63) is 29.3 Å². The van der Waals surface area contributed by atoms with Gasteiger partial charge in [-0.1, -0.05) is 6.07 Å². The van der Waals surface area contributed by atoms with Crippen molar-refractivity contribution in [1.82, 2.24) is 5.32 Å². The summed E-state index contributed by atoms with van der Waals surface area (Å²) in [6, 6.07) is 5.98. The lowest BCUT2D eigenvalue weighted by Crippen LogP contribution is -2.60. The maximum absolute atomic E-state index is 10.0. The first kappa shape index (κ1) is 10.5. The van der Waals surface area contributed by atoms with E-state index in [1.54, 1.807) is 7.11 Å². The third-order valence-corrected chi connectivity index (χ3v) is 2.98. The van der Waals surface area contributed by atoms with Gasteiger partial charge in [-0.15, -0.1) is 0 Å². The van der Waals surface area contributed by atoms with Crippen molar-refractivity contribution in [2.24, 2.45) is 0 Å². The summed E-state index contributed by atoms with van der Waals surface area (Å²) in [7, 11) is 1.66. The average molecular weight is 207 g/mol. The van der Waals surface area contributed by atoms with Gasteiger partial charge in [0.25, 0.3) is 0 Å². The van der Waals surface area contributed by atoms with Crippen LogP contribution in [0.1, 0.15) is 11.1 Å². The zero-order valence-electron chi connectivity index (χ0n) is 9.21. The van der Waals surface area contributed by atoms with Gasteiger partial charge in [-0.2, -0.15) is 0 Å². The maximum atomic E-state index is 10.0. The number of aliphatic hydroxyl groups is 1. The van der Waals surface area contributed by atoms with Gasteiger partial charge in [0.05, 0.1) is 12.7 Å². The average Bonchev–Trinajstić information content (AvgIpc) is 2.18. The fourth-order valence-electron chi connectivity index (χ4n) is 1.89. The van der Waals surface area contributed by atoms with Crippen LogP contribution in [0.15, 0.2) is 18.2 Å². The Morgan fingerprint density at radius 2 is 2.20 bits per heavy atom. The number of aryl methyl sites for hydroxylation is 1. The van der Waals surface area contributed by atoms with Crippen molar-refractivity contribution in [3.8, 4) is 5.75 Å². The molecule has 1 aliphatic heterocycles. The number of β-amino-alcohol motifs (C(OH)–C–C–N with tert-alkyl or cyclic N) is 1.